The van der Waals surface area contributed by atoms with Crippen molar-refractivity contribution in [3.05, 3.63) is 388 Å². The molecule has 0 bridgehead atoms. The fourth-order valence-corrected chi connectivity index (χ4v) is 20.8. The zero-order valence-corrected chi connectivity index (χ0v) is 79.8. The van der Waals surface area contributed by atoms with Crippen LogP contribution in [0.3, 0.4) is 0 Å². The monoisotopic (exact) mass is 2090 g/mol. The maximum atomic E-state index is 12.6. The normalized spacial score (nSPS) is 14.4. The SMILES string of the molecule is CC1OCC(COC(=O)C(F)(F)S(=O)(=O)[O-])O1.O=C(OCC(O)CO)C(F)(F)S(=O)(=O)[O-].O=C(OCC1COCO1)C(F)(F)S(=O)(=O)[O-].O=C(OCc1ccco1)C(F)(F)S(=O)(=O)[O-].c1ccc([S+](c2ccccc2)c2ccccc2)cc1.c1ccc([S+](c2ccccc2)c2ccccc2)cc1.c1ccc([S+](c2ccccc2)c2ccccc2)cc1.c1ccc([S+](c2ccccc2)c2ccccc2)cc1. The number of hydrogen-bond acceptors (Lipinski definition) is 27. The number of alkyl halides is 8. The lowest BCUT2D eigenvalue weighted by Crippen LogP contribution is -2.40. The number of hydrogen-bond donors (Lipinski definition) is 2. The maximum Gasteiger partial charge on any atom is 0.428 e. The predicted octanol–water partition coefficient (Wildman–Crippen LogP) is 16.1. The number of esters is 4. The van der Waals surface area contributed by atoms with Crippen molar-refractivity contribution < 1.29 is 159 Å². The molecule has 2 aliphatic heterocycles. The number of rotatable bonds is 29. The van der Waals surface area contributed by atoms with Crippen LogP contribution in [0, 0.1) is 0 Å². The highest BCUT2D eigenvalue weighted by atomic mass is 32.2. The molecule has 2 fully saturated rings. The standard InChI is InChI=1S/4C18H15S.C7H10F2O7S.C7H6F2O6S.C6H8F2O7S.C5H8F2O7S/c4*1-4-10-16(11-5-1)19(17-12-6-2-7-13-17)18-14-8-3-9-15-18;1-4-14-2-5(16-4)3-15-6(10)7(8,9)17(11,12)13;8-7(9,16(11,12)13)6(10)15-4-5-2-1-3-14-5;7-6(8,16(10,11)12)5(9)14-2-4-1-13-3-15-4;6-5(7,15(11,12)13)4(10)14-2-3(9)1-8/h4*1-15H;4-5H,2-3H2,1H3,(H,11,12,13);1-3H,4H2,(H,11,12,13);4H,1-3H2,(H,10,11,12);3,8-9H,1-2H2,(H,11,12,13)/q4*+1;;;;/p-4. The molecule has 1 aromatic heterocycles. The Morgan fingerprint density at radius 3 is 0.743 bits per heavy atom. The summed E-state index contributed by atoms with van der Waals surface area (Å²) in [7, 11) is -24.5. The molecule has 13 aromatic rings. The molecule has 0 saturated carbocycles. The van der Waals surface area contributed by atoms with Crippen LogP contribution in [0.4, 0.5) is 35.1 Å². The summed E-state index contributed by atoms with van der Waals surface area (Å²) >= 11 is 0. The molecule has 0 amide bonds. The summed E-state index contributed by atoms with van der Waals surface area (Å²) in [5, 5.41) is -3.72. The molecule has 742 valence electrons. The van der Waals surface area contributed by atoms with E-state index in [0.29, 0.717) is 0 Å². The minimum absolute atomic E-state index is 0.0146. The van der Waals surface area contributed by atoms with E-state index in [0.717, 1.165) is 0 Å². The molecule has 27 nitrogen and oxygen atoms in total. The van der Waals surface area contributed by atoms with Gasteiger partial charge in [0.05, 0.1) is 69.7 Å². The van der Waals surface area contributed by atoms with Crippen molar-refractivity contribution in [3.63, 3.8) is 0 Å². The van der Waals surface area contributed by atoms with Gasteiger partial charge in [-0.25, -0.2) is 52.8 Å². The summed E-state index contributed by atoms with van der Waals surface area (Å²) < 4.78 is 260. The van der Waals surface area contributed by atoms with E-state index in [2.05, 4.69) is 392 Å². The number of furan rings is 1. The van der Waals surface area contributed by atoms with Crippen LogP contribution in [-0.4, -0.2) is 178 Å². The Morgan fingerprint density at radius 1 is 0.336 bits per heavy atom. The van der Waals surface area contributed by atoms with Gasteiger partial charge in [0.15, 0.2) is 106 Å². The van der Waals surface area contributed by atoms with Crippen LogP contribution in [0.1, 0.15) is 12.7 Å². The van der Waals surface area contributed by atoms with Crippen molar-refractivity contribution in [1.29, 1.82) is 0 Å². The number of benzene rings is 12. The van der Waals surface area contributed by atoms with E-state index in [1.54, 1.807) is 6.92 Å². The van der Waals surface area contributed by atoms with Crippen LogP contribution in [-0.2, 0) is 148 Å². The van der Waals surface area contributed by atoms with Crippen LogP contribution in [0.2, 0.25) is 0 Å². The Labute approximate surface area is 813 Å². The third-order valence-corrected chi connectivity index (χ3v) is 30.0. The molecule has 12 aromatic carbocycles. The second-order valence-corrected chi connectivity index (χ2v) is 41.9. The second-order valence-electron chi connectivity index (χ2n) is 28.1. The van der Waals surface area contributed by atoms with Gasteiger partial charge in [-0.05, 0) is 165 Å². The van der Waals surface area contributed by atoms with Gasteiger partial charge in [-0.15, -0.1) is 0 Å². The fraction of sp³-hybridized carbons (Fsp3) is 0.175. The molecule has 15 rings (SSSR count). The van der Waals surface area contributed by atoms with Crippen LogP contribution in [0.25, 0.3) is 0 Å². The largest absolute Gasteiger partial charge is 0.743 e. The molecule has 2 saturated heterocycles. The van der Waals surface area contributed by atoms with E-state index in [-0.39, 0.29) is 69.3 Å². The highest BCUT2D eigenvalue weighted by Gasteiger charge is 2.52. The Bertz CT molecular complexity index is 5520. The van der Waals surface area contributed by atoms with Crippen LogP contribution in [0.5, 0.6) is 0 Å². The topological polar surface area (TPSA) is 425 Å². The van der Waals surface area contributed by atoms with Gasteiger partial charge in [0.1, 0.15) is 57.3 Å². The number of ether oxygens (including phenoxy) is 8. The van der Waals surface area contributed by atoms with Gasteiger partial charge in [0.25, 0.3) is 0 Å². The quantitative estimate of drug-likeness (QED) is 0.0144. The van der Waals surface area contributed by atoms with E-state index in [9.17, 15) is 106 Å². The minimum Gasteiger partial charge on any atom is -0.743 e. The molecule has 0 spiro atoms. The Morgan fingerprint density at radius 2 is 0.557 bits per heavy atom. The fourth-order valence-electron chi connectivity index (χ4n) is 11.3. The predicted molar refractivity (Wildman–Crippen MR) is 495 cm³/mol. The van der Waals surface area contributed by atoms with Crippen LogP contribution in [0.15, 0.2) is 446 Å². The number of carbonyl (C=O) groups excluding carboxylic acids is 4. The molecular formula is C97H88F8O27S8. The molecule has 140 heavy (non-hydrogen) atoms. The third kappa shape index (κ3) is 35.1. The Kier molecular flexibility index (Phi) is 44.8. The van der Waals surface area contributed by atoms with Crippen molar-refractivity contribution in [2.45, 2.75) is 118 Å². The second kappa shape index (κ2) is 55.3. The van der Waals surface area contributed by atoms with Gasteiger partial charge < -0.3 is 70.7 Å². The van der Waals surface area contributed by atoms with E-state index >= 15 is 0 Å². The van der Waals surface area contributed by atoms with Gasteiger partial charge >= 0.3 is 44.9 Å². The van der Waals surface area contributed by atoms with E-state index < -0.39 is 143 Å². The first-order valence-electron chi connectivity index (χ1n) is 40.9. The zero-order valence-electron chi connectivity index (χ0n) is 73.2. The summed E-state index contributed by atoms with van der Waals surface area (Å²) in [5.74, 6) is -9.83. The van der Waals surface area contributed by atoms with E-state index in [1.165, 1.54) is 77.1 Å². The summed E-state index contributed by atoms with van der Waals surface area (Å²) in [4.78, 5) is 58.7. The van der Waals surface area contributed by atoms with Gasteiger partial charge in [-0.2, -0.15) is 35.1 Å². The summed E-state index contributed by atoms with van der Waals surface area (Å²) in [6.07, 6.45) is -2.50. The highest BCUT2D eigenvalue weighted by Crippen LogP contribution is 2.36. The molecule has 0 aliphatic carbocycles. The summed E-state index contributed by atoms with van der Waals surface area (Å²) in [6, 6.07) is 131. The van der Waals surface area contributed by atoms with Crippen molar-refractivity contribution in [2.24, 2.45) is 0 Å². The average Bonchev–Trinajstić information content (AvgIpc) is 1.10. The van der Waals surface area contributed by atoms with E-state index in [1.807, 2.05) is 0 Å². The van der Waals surface area contributed by atoms with Crippen molar-refractivity contribution >= 4 is 108 Å². The lowest BCUT2D eigenvalue weighted by atomic mass is 10.4. The minimum atomic E-state index is -6.16. The maximum absolute atomic E-state index is 12.6. The van der Waals surface area contributed by atoms with Crippen molar-refractivity contribution in [3.8, 4) is 0 Å². The lowest BCUT2D eigenvalue weighted by molar-refractivity contribution is -0.165. The molecule has 2 N–H and O–H groups in total. The van der Waals surface area contributed by atoms with Crippen LogP contribution < -0.4 is 0 Å². The first-order valence-corrected chi connectivity index (χ1v) is 51.5. The lowest BCUT2D eigenvalue weighted by Gasteiger charge is -2.18. The first-order chi connectivity index (χ1) is 66.6. The molecule has 3 heterocycles. The molecule has 4 unspecified atom stereocenters. The van der Waals surface area contributed by atoms with E-state index in [4.69, 9.17) is 24.4 Å². The van der Waals surface area contributed by atoms with Gasteiger partial charge in [-0.3, -0.25) is 0 Å². The molecule has 0 radical (unpaired) electrons. The number of aliphatic hydroxyl groups is 2. The zero-order chi connectivity index (χ0) is 102. The summed E-state index contributed by atoms with van der Waals surface area (Å²) in [5.41, 5.74) is 0. The summed E-state index contributed by atoms with van der Waals surface area (Å²) in [6.45, 7) is -2.30. The number of halogens is 8. The third-order valence-electron chi connectivity index (χ3n) is 17.9. The highest BCUT2D eigenvalue weighted by molar-refractivity contribution is 7.98. The van der Waals surface area contributed by atoms with Crippen molar-refractivity contribution in [2.75, 3.05) is 46.4 Å². The molecule has 4 atom stereocenters. The first kappa shape index (κ1) is 113. The average molecular weight is 2090 g/mol. The van der Waals surface area contributed by atoms with Crippen LogP contribution >= 0.6 is 0 Å². The molecule has 43 heteroatoms. The van der Waals surface area contributed by atoms with Gasteiger partial charge in [0.2, 0.25) is 0 Å². The molecular weight excluding hydrogens is 2010 g/mol. The van der Waals surface area contributed by atoms with Gasteiger partial charge in [-0.1, -0.05) is 218 Å². The number of carbonyl (C=O) groups is 4. The molecule has 2 aliphatic rings. The number of aliphatic hydroxyl groups excluding tert-OH is 2. The van der Waals surface area contributed by atoms with Gasteiger partial charge in [0, 0.05) is 0 Å². The Balaban J connectivity index is 0.000000196. The smallest absolute Gasteiger partial charge is 0.428 e. The Hall–Kier alpha value is -12.0. The van der Waals surface area contributed by atoms with Crippen molar-refractivity contribution in [1.82, 2.24) is 0 Å².